The van der Waals surface area contributed by atoms with Gasteiger partial charge in [0.2, 0.25) is 0 Å². The van der Waals surface area contributed by atoms with Crippen LogP contribution in [-0.4, -0.2) is 5.11 Å². The largest absolute Gasteiger partial charge is 0.384 e. The molecule has 0 aromatic heterocycles. The molecule has 0 heterocycles. The van der Waals surface area contributed by atoms with Gasteiger partial charge in [0, 0.05) is 10.0 Å². The van der Waals surface area contributed by atoms with Crippen LogP contribution in [0.2, 0.25) is 10.0 Å². The standard InChI is InChI=1S/C14H12Cl2O/c1-9-12(3-2-4-13(9)16)14(17)10-5-7-11(15)8-6-10/h2-8,14,17H,1H3. The number of aliphatic hydroxyl groups excluding tert-OH is 1. The number of rotatable bonds is 2. The molecule has 0 saturated carbocycles. The summed E-state index contributed by atoms with van der Waals surface area (Å²) in [5, 5.41) is 11.6. The Balaban J connectivity index is 2.40. The van der Waals surface area contributed by atoms with Crippen molar-refractivity contribution in [2.75, 3.05) is 0 Å². The van der Waals surface area contributed by atoms with E-state index >= 15 is 0 Å². The second-order valence-corrected chi connectivity index (χ2v) is 4.75. The summed E-state index contributed by atoms with van der Waals surface area (Å²) < 4.78 is 0. The van der Waals surface area contributed by atoms with Gasteiger partial charge in [-0.15, -0.1) is 0 Å². The lowest BCUT2D eigenvalue weighted by Gasteiger charge is -2.15. The normalized spacial score (nSPS) is 12.5. The van der Waals surface area contributed by atoms with E-state index in [-0.39, 0.29) is 0 Å². The maximum absolute atomic E-state index is 10.3. The summed E-state index contributed by atoms with van der Waals surface area (Å²) in [5.41, 5.74) is 2.52. The highest BCUT2D eigenvalue weighted by Crippen LogP contribution is 2.29. The Hall–Kier alpha value is -1.02. The van der Waals surface area contributed by atoms with E-state index in [1.54, 1.807) is 12.1 Å². The van der Waals surface area contributed by atoms with Gasteiger partial charge >= 0.3 is 0 Å². The van der Waals surface area contributed by atoms with E-state index in [1.807, 2.05) is 37.3 Å². The predicted molar refractivity (Wildman–Crippen MR) is 71.7 cm³/mol. The first kappa shape index (κ1) is 12.4. The third kappa shape index (κ3) is 2.63. The molecule has 0 radical (unpaired) electrons. The van der Waals surface area contributed by atoms with Crippen LogP contribution in [0.4, 0.5) is 0 Å². The van der Waals surface area contributed by atoms with Gasteiger partial charge in [-0.1, -0.05) is 47.5 Å². The lowest BCUT2D eigenvalue weighted by atomic mass is 9.98. The fourth-order valence-electron chi connectivity index (χ4n) is 1.75. The summed E-state index contributed by atoms with van der Waals surface area (Å²) in [5.74, 6) is 0. The molecule has 1 atom stereocenters. The number of aliphatic hydroxyl groups is 1. The van der Waals surface area contributed by atoms with Crippen molar-refractivity contribution in [1.29, 1.82) is 0 Å². The average Bonchev–Trinajstić information content (AvgIpc) is 2.33. The van der Waals surface area contributed by atoms with Gasteiger partial charge in [0.25, 0.3) is 0 Å². The van der Waals surface area contributed by atoms with Gasteiger partial charge in [-0.25, -0.2) is 0 Å². The van der Waals surface area contributed by atoms with Crippen LogP contribution in [0.3, 0.4) is 0 Å². The second-order valence-electron chi connectivity index (χ2n) is 3.91. The van der Waals surface area contributed by atoms with Gasteiger partial charge in [-0.05, 0) is 41.8 Å². The number of halogens is 2. The molecule has 2 aromatic rings. The van der Waals surface area contributed by atoms with Crippen LogP contribution in [0.15, 0.2) is 42.5 Å². The van der Waals surface area contributed by atoms with Crippen LogP contribution in [0.25, 0.3) is 0 Å². The predicted octanol–water partition coefficient (Wildman–Crippen LogP) is 4.38. The molecule has 0 fully saturated rings. The van der Waals surface area contributed by atoms with Crippen molar-refractivity contribution in [2.24, 2.45) is 0 Å². The molecule has 0 aliphatic heterocycles. The minimum Gasteiger partial charge on any atom is -0.384 e. The summed E-state index contributed by atoms with van der Waals surface area (Å²) in [6.45, 7) is 1.90. The SMILES string of the molecule is Cc1c(Cl)cccc1C(O)c1ccc(Cl)cc1. The van der Waals surface area contributed by atoms with E-state index < -0.39 is 6.10 Å². The molecule has 2 aromatic carbocycles. The molecule has 0 aliphatic carbocycles. The quantitative estimate of drug-likeness (QED) is 0.855. The van der Waals surface area contributed by atoms with Gasteiger partial charge in [-0.2, -0.15) is 0 Å². The molecule has 0 saturated heterocycles. The Morgan fingerprint density at radius 2 is 1.65 bits per heavy atom. The van der Waals surface area contributed by atoms with Crippen molar-refractivity contribution in [3.63, 3.8) is 0 Å². The van der Waals surface area contributed by atoms with Gasteiger partial charge in [0.05, 0.1) is 0 Å². The van der Waals surface area contributed by atoms with Crippen LogP contribution in [-0.2, 0) is 0 Å². The minimum atomic E-state index is -0.675. The number of hydrogen-bond donors (Lipinski definition) is 1. The Bertz CT molecular complexity index is 520. The summed E-state index contributed by atoms with van der Waals surface area (Å²) >= 11 is 11.9. The topological polar surface area (TPSA) is 20.2 Å². The number of benzene rings is 2. The summed E-state index contributed by atoms with van der Waals surface area (Å²) in [4.78, 5) is 0. The molecule has 1 nitrogen and oxygen atoms in total. The maximum atomic E-state index is 10.3. The van der Waals surface area contributed by atoms with Gasteiger partial charge in [-0.3, -0.25) is 0 Å². The third-order valence-corrected chi connectivity index (χ3v) is 3.45. The Morgan fingerprint density at radius 3 is 2.29 bits per heavy atom. The molecular weight excluding hydrogens is 255 g/mol. The third-order valence-electron chi connectivity index (χ3n) is 2.79. The monoisotopic (exact) mass is 266 g/mol. The molecule has 0 bridgehead atoms. The summed E-state index contributed by atoms with van der Waals surface area (Å²) in [7, 11) is 0. The molecule has 3 heteroatoms. The van der Waals surface area contributed by atoms with Crippen LogP contribution in [0, 0.1) is 6.92 Å². The maximum Gasteiger partial charge on any atom is 0.104 e. The van der Waals surface area contributed by atoms with Gasteiger partial charge in [0.15, 0.2) is 0 Å². The fraction of sp³-hybridized carbons (Fsp3) is 0.143. The second kappa shape index (κ2) is 5.09. The molecule has 0 amide bonds. The molecule has 17 heavy (non-hydrogen) atoms. The van der Waals surface area contributed by atoms with Crippen LogP contribution in [0.1, 0.15) is 22.8 Å². The molecule has 88 valence electrons. The van der Waals surface area contributed by atoms with Crippen molar-refractivity contribution in [3.8, 4) is 0 Å². The number of hydrogen-bond acceptors (Lipinski definition) is 1. The molecule has 0 aliphatic rings. The Morgan fingerprint density at radius 1 is 1.00 bits per heavy atom. The molecule has 2 rings (SSSR count). The highest BCUT2D eigenvalue weighted by atomic mass is 35.5. The van der Waals surface area contributed by atoms with Crippen LogP contribution in [0.5, 0.6) is 0 Å². The Kier molecular flexibility index (Phi) is 3.72. The van der Waals surface area contributed by atoms with Gasteiger partial charge < -0.3 is 5.11 Å². The van der Waals surface area contributed by atoms with E-state index in [1.165, 1.54) is 0 Å². The first-order chi connectivity index (χ1) is 8.09. The highest BCUT2D eigenvalue weighted by molar-refractivity contribution is 6.31. The van der Waals surface area contributed by atoms with Crippen molar-refractivity contribution in [2.45, 2.75) is 13.0 Å². The summed E-state index contributed by atoms with van der Waals surface area (Å²) in [6.07, 6.45) is -0.675. The molecular formula is C14H12Cl2O. The van der Waals surface area contributed by atoms with E-state index in [0.29, 0.717) is 10.0 Å². The molecule has 0 spiro atoms. The van der Waals surface area contributed by atoms with E-state index in [0.717, 1.165) is 16.7 Å². The van der Waals surface area contributed by atoms with E-state index in [9.17, 15) is 5.11 Å². The Labute approximate surface area is 111 Å². The molecule has 1 N–H and O–H groups in total. The lowest BCUT2D eigenvalue weighted by Crippen LogP contribution is -2.02. The van der Waals surface area contributed by atoms with Crippen molar-refractivity contribution in [1.82, 2.24) is 0 Å². The zero-order valence-corrected chi connectivity index (χ0v) is 10.8. The zero-order valence-electron chi connectivity index (χ0n) is 9.32. The van der Waals surface area contributed by atoms with Crippen molar-refractivity contribution < 1.29 is 5.11 Å². The van der Waals surface area contributed by atoms with Crippen LogP contribution < -0.4 is 0 Å². The first-order valence-electron chi connectivity index (χ1n) is 5.28. The minimum absolute atomic E-state index is 0.656. The highest BCUT2D eigenvalue weighted by Gasteiger charge is 2.13. The first-order valence-corrected chi connectivity index (χ1v) is 6.03. The molecule has 1 unspecified atom stereocenters. The fourth-order valence-corrected chi connectivity index (χ4v) is 2.05. The van der Waals surface area contributed by atoms with E-state index in [4.69, 9.17) is 23.2 Å². The van der Waals surface area contributed by atoms with Crippen LogP contribution >= 0.6 is 23.2 Å². The smallest absolute Gasteiger partial charge is 0.104 e. The van der Waals surface area contributed by atoms with E-state index in [2.05, 4.69) is 0 Å². The lowest BCUT2D eigenvalue weighted by molar-refractivity contribution is 0.219. The van der Waals surface area contributed by atoms with Gasteiger partial charge in [0.1, 0.15) is 6.10 Å². The van der Waals surface area contributed by atoms with Crippen molar-refractivity contribution >= 4 is 23.2 Å². The average molecular weight is 267 g/mol. The zero-order chi connectivity index (χ0) is 12.4. The summed E-state index contributed by atoms with van der Waals surface area (Å²) in [6, 6.07) is 12.7. The van der Waals surface area contributed by atoms with Crippen molar-refractivity contribution in [3.05, 3.63) is 69.2 Å².